The third-order valence-electron chi connectivity index (χ3n) is 1.05. The van der Waals surface area contributed by atoms with E-state index in [9.17, 15) is 0 Å². The molecule has 0 amide bonds. The minimum absolute atomic E-state index is 0.530. The van der Waals surface area contributed by atoms with E-state index in [1.54, 1.807) is 0 Å². The van der Waals surface area contributed by atoms with Crippen molar-refractivity contribution in [2.24, 2.45) is 0 Å². The van der Waals surface area contributed by atoms with Gasteiger partial charge < -0.3 is 0 Å². The number of hydrogen-bond donors (Lipinski definition) is 0. The highest BCUT2D eigenvalue weighted by Gasteiger charge is 1.70. The second kappa shape index (κ2) is 9.55. The Morgan fingerprint density at radius 2 is 1.36 bits per heavy atom. The topological polar surface area (TPSA) is 0 Å². The summed E-state index contributed by atoms with van der Waals surface area (Å²) in [5.74, 6) is 6.14. The first-order chi connectivity index (χ1) is 5.41. The second-order valence-corrected chi connectivity index (χ2v) is 2.98. The highest BCUT2D eigenvalue weighted by atomic mass is 31.1. The molecule has 0 bridgehead atoms. The van der Waals surface area contributed by atoms with Crippen LogP contribution in [0.4, 0.5) is 0 Å². The molecule has 11 heavy (non-hydrogen) atoms. The van der Waals surface area contributed by atoms with E-state index in [-0.39, 0.29) is 0 Å². The summed E-state index contributed by atoms with van der Waals surface area (Å²) in [5.41, 5.74) is 6.10. The SMILES string of the molecule is CCCC#CPC#CCCC. The van der Waals surface area contributed by atoms with Crippen molar-refractivity contribution < 1.29 is 0 Å². The van der Waals surface area contributed by atoms with Crippen LogP contribution >= 0.6 is 8.58 Å². The van der Waals surface area contributed by atoms with E-state index in [2.05, 4.69) is 37.0 Å². The molecule has 0 aliphatic heterocycles. The van der Waals surface area contributed by atoms with E-state index in [1.165, 1.54) is 0 Å². The fourth-order valence-electron chi connectivity index (χ4n) is 0.495. The van der Waals surface area contributed by atoms with Gasteiger partial charge >= 0.3 is 0 Å². The molecule has 0 spiro atoms. The maximum Gasteiger partial charge on any atom is 0.0358 e. The molecule has 0 aromatic rings. The minimum atomic E-state index is 0.530. The Labute approximate surface area is 71.9 Å². The molecule has 0 radical (unpaired) electrons. The highest BCUT2D eigenvalue weighted by molar-refractivity contribution is 7.49. The lowest BCUT2D eigenvalue weighted by molar-refractivity contribution is 0.984. The van der Waals surface area contributed by atoms with Gasteiger partial charge in [0.1, 0.15) is 0 Å². The molecule has 0 fully saturated rings. The molecule has 0 rings (SSSR count). The van der Waals surface area contributed by atoms with Crippen LogP contribution < -0.4 is 0 Å². The van der Waals surface area contributed by atoms with Gasteiger partial charge in [-0.3, -0.25) is 0 Å². The summed E-state index contributed by atoms with van der Waals surface area (Å²) >= 11 is 0. The summed E-state index contributed by atoms with van der Waals surface area (Å²) in [5, 5.41) is 0. The average molecular weight is 166 g/mol. The first-order valence-electron chi connectivity index (χ1n) is 4.12. The molecule has 1 heteroatoms. The summed E-state index contributed by atoms with van der Waals surface area (Å²) in [7, 11) is 0.530. The average Bonchev–Trinajstić information content (AvgIpc) is 2.03. The van der Waals surface area contributed by atoms with Crippen LogP contribution in [0.1, 0.15) is 39.5 Å². The molecule has 0 N–H and O–H groups in total. The lowest BCUT2D eigenvalue weighted by Crippen LogP contribution is -1.59. The van der Waals surface area contributed by atoms with Crippen molar-refractivity contribution in [3.05, 3.63) is 0 Å². The van der Waals surface area contributed by atoms with E-state index in [4.69, 9.17) is 0 Å². The van der Waals surface area contributed by atoms with Crippen molar-refractivity contribution in [1.29, 1.82) is 0 Å². The van der Waals surface area contributed by atoms with Crippen LogP contribution in [0, 0.1) is 23.2 Å². The van der Waals surface area contributed by atoms with E-state index < -0.39 is 0 Å². The Morgan fingerprint density at radius 1 is 0.909 bits per heavy atom. The summed E-state index contributed by atoms with van der Waals surface area (Å²) in [4.78, 5) is 0. The molecule has 0 aromatic heterocycles. The van der Waals surface area contributed by atoms with Gasteiger partial charge in [-0.05, 0) is 12.8 Å². The molecular weight excluding hydrogens is 151 g/mol. The number of hydrogen-bond acceptors (Lipinski definition) is 0. The first-order valence-corrected chi connectivity index (χ1v) is 5.12. The lowest BCUT2D eigenvalue weighted by Gasteiger charge is -1.77. The van der Waals surface area contributed by atoms with Crippen LogP contribution in [0.3, 0.4) is 0 Å². The zero-order chi connectivity index (χ0) is 8.36. The third kappa shape index (κ3) is 9.55. The Kier molecular flexibility index (Phi) is 9.16. The molecule has 0 heterocycles. The van der Waals surface area contributed by atoms with Gasteiger partial charge in [-0.1, -0.05) is 37.0 Å². The van der Waals surface area contributed by atoms with E-state index in [1.807, 2.05) is 0 Å². The standard InChI is InChI=1S/C10H15P/c1-3-5-7-9-11-10-8-6-4-2/h11H,3-6H2,1-2H3. The predicted octanol–water partition coefficient (Wildman–Crippen LogP) is 3.19. The summed E-state index contributed by atoms with van der Waals surface area (Å²) in [6.07, 6.45) is 4.34. The van der Waals surface area contributed by atoms with Crippen molar-refractivity contribution in [1.82, 2.24) is 0 Å². The van der Waals surface area contributed by atoms with Crippen LogP contribution in [0.15, 0.2) is 0 Å². The van der Waals surface area contributed by atoms with Gasteiger partial charge in [0.05, 0.1) is 0 Å². The summed E-state index contributed by atoms with van der Waals surface area (Å²) < 4.78 is 0. The maximum absolute atomic E-state index is 3.07. The quantitative estimate of drug-likeness (QED) is 0.436. The Morgan fingerprint density at radius 3 is 1.73 bits per heavy atom. The smallest absolute Gasteiger partial charge is 0.0358 e. The van der Waals surface area contributed by atoms with Gasteiger partial charge in [-0.25, -0.2) is 0 Å². The fraction of sp³-hybridized carbons (Fsp3) is 0.600. The zero-order valence-electron chi connectivity index (χ0n) is 7.33. The normalized spacial score (nSPS) is 7.45. The van der Waals surface area contributed by atoms with E-state index in [0.717, 1.165) is 25.7 Å². The zero-order valence-corrected chi connectivity index (χ0v) is 8.33. The van der Waals surface area contributed by atoms with E-state index >= 15 is 0 Å². The van der Waals surface area contributed by atoms with Gasteiger partial charge in [0, 0.05) is 21.4 Å². The molecule has 0 unspecified atom stereocenters. The van der Waals surface area contributed by atoms with Crippen molar-refractivity contribution in [2.75, 3.05) is 0 Å². The molecule has 0 aliphatic carbocycles. The largest absolute Gasteiger partial charge is 0.0979 e. The van der Waals surface area contributed by atoms with Crippen molar-refractivity contribution in [3.63, 3.8) is 0 Å². The molecule has 0 aromatic carbocycles. The van der Waals surface area contributed by atoms with Gasteiger partial charge in [0.15, 0.2) is 0 Å². The van der Waals surface area contributed by atoms with Crippen molar-refractivity contribution in [2.45, 2.75) is 39.5 Å². The molecular formula is C10H15P. The summed E-state index contributed by atoms with van der Waals surface area (Å²) in [6, 6.07) is 0. The highest BCUT2D eigenvalue weighted by Crippen LogP contribution is 2.03. The Bertz CT molecular complexity index is 162. The van der Waals surface area contributed by atoms with Crippen LogP contribution in [-0.4, -0.2) is 0 Å². The maximum atomic E-state index is 3.07. The summed E-state index contributed by atoms with van der Waals surface area (Å²) in [6.45, 7) is 4.28. The Balaban J connectivity index is 3.28. The lowest BCUT2D eigenvalue weighted by atomic mass is 10.4. The van der Waals surface area contributed by atoms with Crippen molar-refractivity contribution in [3.8, 4) is 23.2 Å². The van der Waals surface area contributed by atoms with E-state index in [0.29, 0.717) is 8.58 Å². The van der Waals surface area contributed by atoms with Crippen LogP contribution in [0.2, 0.25) is 0 Å². The van der Waals surface area contributed by atoms with Gasteiger partial charge in [-0.2, -0.15) is 0 Å². The molecule has 0 nitrogen and oxygen atoms in total. The second-order valence-electron chi connectivity index (χ2n) is 2.23. The molecule has 0 atom stereocenters. The minimum Gasteiger partial charge on any atom is -0.0979 e. The third-order valence-corrected chi connectivity index (χ3v) is 1.66. The Hall–Kier alpha value is -0.450. The van der Waals surface area contributed by atoms with Crippen LogP contribution in [0.5, 0.6) is 0 Å². The molecule has 0 saturated heterocycles. The first kappa shape index (κ1) is 10.6. The number of unbranched alkanes of at least 4 members (excludes halogenated alkanes) is 2. The van der Waals surface area contributed by atoms with Gasteiger partial charge in [-0.15, -0.1) is 0 Å². The molecule has 0 saturated carbocycles. The van der Waals surface area contributed by atoms with Crippen molar-refractivity contribution >= 4 is 8.58 Å². The molecule has 60 valence electrons. The predicted molar refractivity (Wildman–Crippen MR) is 53.7 cm³/mol. The number of rotatable bonds is 2. The van der Waals surface area contributed by atoms with Gasteiger partial charge in [0.2, 0.25) is 0 Å². The van der Waals surface area contributed by atoms with Crippen LogP contribution in [-0.2, 0) is 0 Å². The van der Waals surface area contributed by atoms with Gasteiger partial charge in [0.25, 0.3) is 0 Å². The monoisotopic (exact) mass is 166 g/mol. The molecule has 0 aliphatic rings. The fourth-order valence-corrected chi connectivity index (χ4v) is 0.984. The van der Waals surface area contributed by atoms with Crippen LogP contribution in [0.25, 0.3) is 0 Å².